The van der Waals surface area contributed by atoms with Gasteiger partial charge in [0, 0.05) is 11.7 Å². The van der Waals surface area contributed by atoms with Crippen LogP contribution < -0.4 is 5.32 Å². The van der Waals surface area contributed by atoms with E-state index in [1.807, 2.05) is 0 Å². The van der Waals surface area contributed by atoms with Crippen molar-refractivity contribution in [1.82, 2.24) is 0 Å². The Kier molecular flexibility index (Phi) is 3.51. The minimum Gasteiger partial charge on any atom is -0.381 e. The molecule has 106 valence electrons. The summed E-state index contributed by atoms with van der Waals surface area (Å²) in [6.45, 7) is 1.40. The number of hydrogen-bond donors (Lipinski definition) is 1. The predicted molar refractivity (Wildman–Crippen MR) is 66.9 cm³/mol. The van der Waals surface area contributed by atoms with E-state index < -0.39 is 21.6 Å². The molecule has 1 saturated heterocycles. The summed E-state index contributed by atoms with van der Waals surface area (Å²) in [6, 6.07) is 3.64. The Morgan fingerprint density at radius 1 is 1.32 bits per heavy atom. The molecule has 1 atom stereocenters. The number of alkyl halides is 3. The largest absolute Gasteiger partial charge is 0.416 e. The Bertz CT molecular complexity index is 581. The van der Waals surface area contributed by atoms with E-state index in [-0.39, 0.29) is 23.1 Å². The van der Waals surface area contributed by atoms with Gasteiger partial charge in [0.25, 0.3) is 0 Å². The van der Waals surface area contributed by atoms with Gasteiger partial charge in [0.05, 0.1) is 17.1 Å². The van der Waals surface area contributed by atoms with Gasteiger partial charge in [-0.05, 0) is 31.0 Å². The Balaban J connectivity index is 2.19. The first-order valence-electron chi connectivity index (χ1n) is 5.82. The van der Waals surface area contributed by atoms with E-state index in [1.54, 1.807) is 0 Å². The smallest absolute Gasteiger partial charge is 0.381 e. The lowest BCUT2D eigenvalue weighted by Gasteiger charge is -2.16. The van der Waals surface area contributed by atoms with Gasteiger partial charge in [-0.3, -0.25) is 0 Å². The molecule has 1 heterocycles. The molecule has 1 aliphatic rings. The molecule has 1 fully saturated rings. The van der Waals surface area contributed by atoms with Gasteiger partial charge in [-0.25, -0.2) is 8.42 Å². The Morgan fingerprint density at radius 3 is 2.53 bits per heavy atom. The molecule has 0 bridgehead atoms. The van der Waals surface area contributed by atoms with Crippen LogP contribution >= 0.6 is 0 Å². The molecule has 0 amide bonds. The third kappa shape index (κ3) is 3.40. The lowest BCUT2D eigenvalue weighted by atomic mass is 10.1. The van der Waals surface area contributed by atoms with Crippen molar-refractivity contribution in [3.05, 3.63) is 29.3 Å². The molecule has 1 aliphatic heterocycles. The van der Waals surface area contributed by atoms with Gasteiger partial charge in [0.1, 0.15) is 0 Å². The number of hydrogen-bond acceptors (Lipinski definition) is 3. The van der Waals surface area contributed by atoms with Crippen molar-refractivity contribution in [3.8, 4) is 0 Å². The van der Waals surface area contributed by atoms with Crippen molar-refractivity contribution in [2.75, 3.05) is 16.8 Å². The van der Waals surface area contributed by atoms with Crippen LogP contribution in [0.1, 0.15) is 17.5 Å². The first kappa shape index (κ1) is 14.2. The predicted octanol–water partition coefficient (Wildman–Crippen LogP) is 2.61. The number of nitrogens with one attached hydrogen (secondary N) is 1. The fourth-order valence-corrected chi connectivity index (χ4v) is 3.84. The topological polar surface area (TPSA) is 46.2 Å². The zero-order valence-corrected chi connectivity index (χ0v) is 11.1. The normalized spacial score (nSPS) is 22.4. The first-order chi connectivity index (χ1) is 8.67. The van der Waals surface area contributed by atoms with E-state index in [1.165, 1.54) is 19.1 Å². The second-order valence-corrected chi connectivity index (χ2v) is 7.00. The van der Waals surface area contributed by atoms with Crippen molar-refractivity contribution < 1.29 is 21.6 Å². The highest BCUT2D eigenvalue weighted by Crippen LogP contribution is 2.33. The first-order valence-corrected chi connectivity index (χ1v) is 7.64. The quantitative estimate of drug-likeness (QED) is 0.911. The van der Waals surface area contributed by atoms with Crippen LogP contribution in [0.15, 0.2) is 18.2 Å². The van der Waals surface area contributed by atoms with Crippen LogP contribution in [0.5, 0.6) is 0 Å². The minimum absolute atomic E-state index is 0.0256. The molecule has 1 N–H and O–H groups in total. The van der Waals surface area contributed by atoms with E-state index in [9.17, 15) is 21.6 Å². The van der Waals surface area contributed by atoms with Crippen LogP contribution in [0.3, 0.4) is 0 Å². The zero-order chi connectivity index (χ0) is 14.3. The molecule has 1 aromatic carbocycles. The average molecular weight is 293 g/mol. The van der Waals surface area contributed by atoms with Crippen LogP contribution in [0, 0.1) is 6.92 Å². The van der Waals surface area contributed by atoms with Crippen LogP contribution in [-0.4, -0.2) is 26.0 Å². The van der Waals surface area contributed by atoms with Crippen molar-refractivity contribution in [1.29, 1.82) is 0 Å². The molecule has 2 rings (SSSR count). The summed E-state index contributed by atoms with van der Waals surface area (Å²) in [6.07, 6.45) is -3.97. The second-order valence-electron chi connectivity index (χ2n) is 4.77. The number of rotatable bonds is 2. The maximum Gasteiger partial charge on any atom is 0.416 e. The summed E-state index contributed by atoms with van der Waals surface area (Å²) in [5.41, 5.74) is -0.240. The molecule has 0 spiro atoms. The van der Waals surface area contributed by atoms with E-state index in [4.69, 9.17) is 0 Å². The maximum absolute atomic E-state index is 12.7. The van der Waals surface area contributed by atoms with Crippen LogP contribution in [-0.2, 0) is 16.0 Å². The Labute approximate surface area is 109 Å². The summed E-state index contributed by atoms with van der Waals surface area (Å²) >= 11 is 0. The third-order valence-corrected chi connectivity index (χ3v) is 4.91. The third-order valence-electron chi connectivity index (χ3n) is 3.15. The van der Waals surface area contributed by atoms with Crippen molar-refractivity contribution in [2.45, 2.75) is 25.6 Å². The lowest BCUT2D eigenvalue weighted by molar-refractivity contribution is -0.138. The summed E-state index contributed by atoms with van der Waals surface area (Å²) in [5, 5.41) is 2.86. The summed E-state index contributed by atoms with van der Waals surface area (Å²) in [7, 11) is -3.05. The highest BCUT2D eigenvalue weighted by atomic mass is 32.2. The standard InChI is InChI=1S/C12H14F3NO2S/c1-8-2-3-9(6-11(8)12(13,14)15)16-10-4-5-19(17,18)7-10/h2-3,6,10,16H,4-5,7H2,1H3. The highest BCUT2D eigenvalue weighted by molar-refractivity contribution is 7.91. The SMILES string of the molecule is Cc1ccc(NC2CCS(=O)(=O)C2)cc1C(F)(F)F. The molecular formula is C12H14F3NO2S. The average Bonchev–Trinajstić information content (AvgIpc) is 2.59. The van der Waals surface area contributed by atoms with E-state index >= 15 is 0 Å². The van der Waals surface area contributed by atoms with Crippen LogP contribution in [0.25, 0.3) is 0 Å². The fraction of sp³-hybridized carbons (Fsp3) is 0.500. The van der Waals surface area contributed by atoms with Crippen LogP contribution in [0.4, 0.5) is 18.9 Å². The van der Waals surface area contributed by atoms with E-state index in [0.29, 0.717) is 12.1 Å². The number of aryl methyl sites for hydroxylation is 1. The molecule has 19 heavy (non-hydrogen) atoms. The van der Waals surface area contributed by atoms with Crippen molar-refractivity contribution in [3.63, 3.8) is 0 Å². The molecule has 0 radical (unpaired) electrons. The van der Waals surface area contributed by atoms with Crippen molar-refractivity contribution >= 4 is 15.5 Å². The lowest BCUT2D eigenvalue weighted by Crippen LogP contribution is -2.21. The number of halogens is 3. The molecule has 1 aromatic rings. The summed E-state index contributed by atoms with van der Waals surface area (Å²) in [4.78, 5) is 0. The number of benzene rings is 1. The fourth-order valence-electron chi connectivity index (χ4n) is 2.16. The zero-order valence-electron chi connectivity index (χ0n) is 10.3. The number of anilines is 1. The molecule has 3 nitrogen and oxygen atoms in total. The van der Waals surface area contributed by atoms with E-state index in [2.05, 4.69) is 5.32 Å². The van der Waals surface area contributed by atoms with Crippen LogP contribution in [0.2, 0.25) is 0 Å². The number of sulfone groups is 1. The van der Waals surface area contributed by atoms with Gasteiger partial charge >= 0.3 is 6.18 Å². The monoisotopic (exact) mass is 293 g/mol. The van der Waals surface area contributed by atoms with Gasteiger partial charge in [-0.15, -0.1) is 0 Å². The second kappa shape index (κ2) is 4.70. The van der Waals surface area contributed by atoms with Gasteiger partial charge in [-0.2, -0.15) is 13.2 Å². The summed E-state index contributed by atoms with van der Waals surface area (Å²) in [5.74, 6) is 0.0604. The maximum atomic E-state index is 12.7. The molecule has 1 unspecified atom stereocenters. The Hall–Kier alpha value is -1.24. The van der Waals surface area contributed by atoms with Gasteiger partial charge < -0.3 is 5.32 Å². The van der Waals surface area contributed by atoms with Gasteiger partial charge in [-0.1, -0.05) is 6.07 Å². The molecule has 0 saturated carbocycles. The van der Waals surface area contributed by atoms with Crippen molar-refractivity contribution in [2.24, 2.45) is 0 Å². The molecule has 0 aromatic heterocycles. The Morgan fingerprint density at radius 2 is 2.00 bits per heavy atom. The van der Waals surface area contributed by atoms with Gasteiger partial charge in [0.2, 0.25) is 0 Å². The van der Waals surface area contributed by atoms with Gasteiger partial charge in [0.15, 0.2) is 9.84 Å². The minimum atomic E-state index is -4.40. The van der Waals surface area contributed by atoms with E-state index in [0.717, 1.165) is 6.07 Å². The highest BCUT2D eigenvalue weighted by Gasteiger charge is 2.33. The summed E-state index contributed by atoms with van der Waals surface area (Å²) < 4.78 is 60.8. The molecule has 7 heteroatoms. The molecule has 0 aliphatic carbocycles. The molecular weight excluding hydrogens is 279 g/mol.